The Hall–Kier alpha value is -1.61. The van der Waals surface area contributed by atoms with Crippen molar-refractivity contribution in [1.82, 2.24) is 9.88 Å². The Morgan fingerprint density at radius 1 is 1.86 bits per heavy atom. The minimum absolute atomic E-state index is 0.201. The van der Waals surface area contributed by atoms with E-state index in [0.717, 1.165) is 0 Å². The number of aromatic nitrogens is 1. The van der Waals surface area contributed by atoms with Crippen LogP contribution in [0.3, 0.4) is 0 Å². The van der Waals surface area contributed by atoms with Crippen LogP contribution in [0.4, 0.5) is 5.13 Å². The summed E-state index contributed by atoms with van der Waals surface area (Å²) in [6.45, 7) is 0.409. The number of nitrogens with two attached hydrogens (primary N) is 1. The van der Waals surface area contributed by atoms with Gasteiger partial charge in [-0.05, 0) is 0 Å². The van der Waals surface area contributed by atoms with Crippen LogP contribution in [-0.2, 0) is 0 Å². The fourth-order valence-corrected chi connectivity index (χ4v) is 1.44. The molecule has 0 radical (unpaired) electrons. The predicted octanol–water partition coefficient (Wildman–Crippen LogP) is 0.711. The summed E-state index contributed by atoms with van der Waals surface area (Å²) in [5.74, 6) is -0.201. The maximum Gasteiger partial charge on any atom is 0.273 e. The molecule has 0 unspecified atom stereocenters. The van der Waals surface area contributed by atoms with Gasteiger partial charge in [-0.25, -0.2) is 4.98 Å². The quantitative estimate of drug-likeness (QED) is 0.796. The Morgan fingerprint density at radius 2 is 2.57 bits per heavy atom. The van der Waals surface area contributed by atoms with E-state index in [1.54, 1.807) is 12.4 Å². The zero-order valence-electron chi connectivity index (χ0n) is 7.73. The zero-order valence-corrected chi connectivity index (χ0v) is 8.54. The summed E-state index contributed by atoms with van der Waals surface area (Å²) in [4.78, 5) is 16.9. The smallest absolute Gasteiger partial charge is 0.273 e. The van der Waals surface area contributed by atoms with E-state index < -0.39 is 0 Å². The maximum atomic E-state index is 11.6. The van der Waals surface area contributed by atoms with Crippen LogP contribution in [0.1, 0.15) is 16.9 Å². The molecule has 2 N–H and O–H groups in total. The largest absolute Gasteiger partial charge is 0.375 e. The lowest BCUT2D eigenvalue weighted by Gasteiger charge is -2.13. The van der Waals surface area contributed by atoms with Gasteiger partial charge >= 0.3 is 0 Å². The summed E-state index contributed by atoms with van der Waals surface area (Å²) in [5.41, 5.74) is 5.74. The molecule has 0 saturated carbocycles. The van der Waals surface area contributed by atoms with Gasteiger partial charge in [-0.2, -0.15) is 5.26 Å². The Labute approximate surface area is 85.8 Å². The first-order valence-corrected chi connectivity index (χ1v) is 4.86. The van der Waals surface area contributed by atoms with Crippen LogP contribution in [0, 0.1) is 11.3 Å². The van der Waals surface area contributed by atoms with E-state index in [4.69, 9.17) is 11.0 Å². The molecule has 0 bridgehead atoms. The number of rotatable bonds is 3. The molecule has 14 heavy (non-hydrogen) atoms. The van der Waals surface area contributed by atoms with E-state index in [1.165, 1.54) is 16.2 Å². The first-order chi connectivity index (χ1) is 6.65. The molecule has 0 fully saturated rings. The second-order valence-corrected chi connectivity index (χ2v) is 3.60. The highest BCUT2D eigenvalue weighted by Crippen LogP contribution is 2.12. The third kappa shape index (κ3) is 2.44. The molecule has 1 rings (SSSR count). The highest BCUT2D eigenvalue weighted by molar-refractivity contribution is 7.13. The van der Waals surface area contributed by atoms with E-state index >= 15 is 0 Å². The van der Waals surface area contributed by atoms with Gasteiger partial charge in [0.1, 0.15) is 5.69 Å². The van der Waals surface area contributed by atoms with Crippen LogP contribution < -0.4 is 5.73 Å². The van der Waals surface area contributed by atoms with Crippen LogP contribution in [0.5, 0.6) is 0 Å². The number of carbonyl (C=O) groups excluding carboxylic acids is 1. The second kappa shape index (κ2) is 4.58. The van der Waals surface area contributed by atoms with Gasteiger partial charge in [0.25, 0.3) is 5.91 Å². The van der Waals surface area contributed by atoms with Gasteiger partial charge in [0, 0.05) is 19.0 Å². The highest BCUT2D eigenvalue weighted by Gasteiger charge is 2.13. The van der Waals surface area contributed by atoms with Gasteiger partial charge in [0.15, 0.2) is 5.13 Å². The lowest BCUT2D eigenvalue weighted by molar-refractivity contribution is 0.0793. The Morgan fingerprint density at radius 3 is 3.07 bits per heavy atom. The number of hydrogen-bond acceptors (Lipinski definition) is 5. The molecule has 5 nitrogen and oxygen atoms in total. The Balaban J connectivity index is 2.62. The monoisotopic (exact) mass is 210 g/mol. The number of anilines is 1. The third-order valence-corrected chi connectivity index (χ3v) is 2.32. The number of hydrogen-bond donors (Lipinski definition) is 1. The van der Waals surface area contributed by atoms with Gasteiger partial charge < -0.3 is 10.6 Å². The maximum absolute atomic E-state index is 11.6. The molecule has 1 aromatic heterocycles. The molecular formula is C8H10N4OS. The molecule has 0 spiro atoms. The zero-order chi connectivity index (χ0) is 10.6. The molecule has 0 atom stereocenters. The molecule has 0 aliphatic heterocycles. The van der Waals surface area contributed by atoms with Crippen molar-refractivity contribution in [2.45, 2.75) is 6.42 Å². The third-order valence-electron chi connectivity index (χ3n) is 1.65. The molecule has 0 saturated heterocycles. The molecule has 1 aromatic rings. The second-order valence-electron chi connectivity index (χ2n) is 2.71. The normalized spacial score (nSPS) is 9.43. The predicted molar refractivity (Wildman–Crippen MR) is 53.7 cm³/mol. The number of carbonyl (C=O) groups is 1. The van der Waals surface area contributed by atoms with E-state index in [1.807, 2.05) is 6.07 Å². The van der Waals surface area contributed by atoms with Crippen molar-refractivity contribution in [3.05, 3.63) is 11.1 Å². The number of nitrogens with zero attached hydrogens (tertiary/aromatic N) is 3. The van der Waals surface area contributed by atoms with Crippen LogP contribution in [-0.4, -0.2) is 29.4 Å². The SMILES string of the molecule is CN(CCC#N)C(=O)c1csc(N)n1. The first kappa shape index (κ1) is 10.5. The van der Waals surface area contributed by atoms with E-state index in [0.29, 0.717) is 23.8 Å². The standard InChI is InChI=1S/C8H10N4OS/c1-12(4-2-3-9)7(13)6-5-14-8(10)11-6/h5H,2,4H2,1H3,(H2,10,11). The van der Waals surface area contributed by atoms with E-state index in [9.17, 15) is 4.79 Å². The Kier molecular flexibility index (Phi) is 3.42. The van der Waals surface area contributed by atoms with Crippen molar-refractivity contribution in [3.8, 4) is 6.07 Å². The molecular weight excluding hydrogens is 200 g/mol. The minimum Gasteiger partial charge on any atom is -0.375 e. The van der Waals surface area contributed by atoms with Crippen molar-refractivity contribution in [2.24, 2.45) is 0 Å². The van der Waals surface area contributed by atoms with Gasteiger partial charge in [0.2, 0.25) is 0 Å². The summed E-state index contributed by atoms with van der Waals surface area (Å²) in [7, 11) is 1.63. The van der Waals surface area contributed by atoms with Gasteiger partial charge in [-0.15, -0.1) is 11.3 Å². The van der Waals surface area contributed by atoms with Crippen LogP contribution in [0.15, 0.2) is 5.38 Å². The Bertz CT molecular complexity index is 368. The van der Waals surface area contributed by atoms with Crippen LogP contribution in [0.25, 0.3) is 0 Å². The molecule has 74 valence electrons. The molecule has 0 aliphatic rings. The van der Waals surface area contributed by atoms with Crippen molar-refractivity contribution in [1.29, 1.82) is 5.26 Å². The summed E-state index contributed by atoms with van der Waals surface area (Å²) < 4.78 is 0. The van der Waals surface area contributed by atoms with Gasteiger partial charge in [-0.3, -0.25) is 4.79 Å². The summed E-state index contributed by atoms with van der Waals surface area (Å²) >= 11 is 1.23. The van der Waals surface area contributed by atoms with E-state index in [-0.39, 0.29) is 5.91 Å². The molecule has 6 heteroatoms. The number of nitriles is 1. The van der Waals surface area contributed by atoms with Crippen molar-refractivity contribution >= 4 is 22.4 Å². The fourth-order valence-electron chi connectivity index (χ4n) is 0.901. The first-order valence-electron chi connectivity index (χ1n) is 3.98. The molecule has 1 heterocycles. The average Bonchev–Trinajstić information content (AvgIpc) is 2.60. The molecule has 0 aromatic carbocycles. The number of amides is 1. The number of nitrogen functional groups attached to an aromatic ring is 1. The van der Waals surface area contributed by atoms with Crippen molar-refractivity contribution in [2.75, 3.05) is 19.3 Å². The summed E-state index contributed by atoms with van der Waals surface area (Å²) in [6.07, 6.45) is 0.321. The van der Waals surface area contributed by atoms with Gasteiger partial charge in [0.05, 0.1) is 12.5 Å². The van der Waals surface area contributed by atoms with Crippen molar-refractivity contribution < 1.29 is 4.79 Å². The summed E-state index contributed by atoms with van der Waals surface area (Å²) in [5, 5.41) is 10.3. The van der Waals surface area contributed by atoms with Gasteiger partial charge in [-0.1, -0.05) is 0 Å². The van der Waals surface area contributed by atoms with E-state index in [2.05, 4.69) is 4.98 Å². The highest BCUT2D eigenvalue weighted by atomic mass is 32.1. The number of thiazole rings is 1. The topological polar surface area (TPSA) is 83.0 Å². The summed E-state index contributed by atoms with van der Waals surface area (Å²) in [6, 6.07) is 1.97. The van der Waals surface area contributed by atoms with Crippen molar-refractivity contribution in [3.63, 3.8) is 0 Å². The van der Waals surface area contributed by atoms with Crippen LogP contribution in [0.2, 0.25) is 0 Å². The average molecular weight is 210 g/mol. The molecule has 1 amide bonds. The lowest BCUT2D eigenvalue weighted by atomic mass is 10.3. The molecule has 0 aliphatic carbocycles. The minimum atomic E-state index is -0.201. The lowest BCUT2D eigenvalue weighted by Crippen LogP contribution is -2.27. The fraction of sp³-hybridized carbons (Fsp3) is 0.375. The van der Waals surface area contributed by atoms with Crippen LogP contribution >= 0.6 is 11.3 Å².